The van der Waals surface area contributed by atoms with Crippen LogP contribution in [0.1, 0.15) is 5.56 Å². The first-order valence-corrected chi connectivity index (χ1v) is 5.82. The largest absolute Gasteiger partial charge is 0.253 e. The Hall–Kier alpha value is -0.440. The van der Waals surface area contributed by atoms with Crippen LogP contribution >= 0.6 is 43.2 Å². The number of halogens is 2. The van der Waals surface area contributed by atoms with Gasteiger partial charge in [-0.2, -0.15) is 5.26 Å². The molecule has 2 aromatic heterocycles. The first-order valence-electron chi connectivity index (χ1n) is 3.35. The van der Waals surface area contributed by atoms with E-state index in [1.54, 1.807) is 17.5 Å². The summed E-state index contributed by atoms with van der Waals surface area (Å²) in [5.74, 6) is 0. The minimum Gasteiger partial charge on any atom is -0.253 e. The van der Waals surface area contributed by atoms with Gasteiger partial charge in [-0.1, -0.05) is 0 Å². The standard InChI is InChI=1S/C8H2Br2N2S/c9-5-3-13-8-6(10)4(1-11)2-12-7(5)8/h2-3H. The number of pyridine rings is 1. The third-order valence-corrected chi connectivity index (χ3v) is 4.58. The lowest BCUT2D eigenvalue weighted by Crippen LogP contribution is -1.81. The molecule has 2 heterocycles. The zero-order valence-corrected chi connectivity index (χ0v) is 10.2. The summed E-state index contributed by atoms with van der Waals surface area (Å²) < 4.78 is 2.80. The van der Waals surface area contributed by atoms with Crippen LogP contribution in [-0.2, 0) is 0 Å². The number of nitrogens with zero attached hydrogens (tertiary/aromatic N) is 2. The first-order chi connectivity index (χ1) is 6.24. The Kier molecular flexibility index (Phi) is 2.37. The van der Waals surface area contributed by atoms with Gasteiger partial charge in [0.2, 0.25) is 0 Å². The quantitative estimate of drug-likeness (QED) is 0.743. The Balaban J connectivity index is 2.90. The van der Waals surface area contributed by atoms with Crippen molar-refractivity contribution < 1.29 is 0 Å². The van der Waals surface area contributed by atoms with Crippen LogP contribution in [0.15, 0.2) is 20.5 Å². The highest BCUT2D eigenvalue weighted by Crippen LogP contribution is 2.35. The van der Waals surface area contributed by atoms with E-state index in [9.17, 15) is 0 Å². The van der Waals surface area contributed by atoms with Gasteiger partial charge in [0.15, 0.2) is 0 Å². The van der Waals surface area contributed by atoms with Crippen molar-refractivity contribution in [2.75, 3.05) is 0 Å². The molecule has 2 aromatic rings. The average molecular weight is 318 g/mol. The second-order valence-electron chi connectivity index (χ2n) is 2.36. The van der Waals surface area contributed by atoms with Gasteiger partial charge < -0.3 is 0 Å². The molecule has 0 spiro atoms. The van der Waals surface area contributed by atoms with E-state index in [1.165, 1.54) is 0 Å². The molecule has 0 saturated heterocycles. The van der Waals surface area contributed by atoms with E-state index >= 15 is 0 Å². The highest BCUT2D eigenvalue weighted by Gasteiger charge is 2.09. The fourth-order valence-electron chi connectivity index (χ4n) is 0.993. The van der Waals surface area contributed by atoms with Crippen LogP contribution in [0.5, 0.6) is 0 Å². The Labute approximate surface area is 95.5 Å². The molecule has 0 aliphatic rings. The van der Waals surface area contributed by atoms with Crippen LogP contribution in [0, 0.1) is 11.3 Å². The molecule has 0 atom stereocenters. The lowest BCUT2D eigenvalue weighted by Gasteiger charge is -1.95. The second kappa shape index (κ2) is 3.37. The third-order valence-electron chi connectivity index (χ3n) is 1.60. The molecule has 2 rings (SSSR count). The van der Waals surface area contributed by atoms with E-state index in [-0.39, 0.29) is 0 Å². The average Bonchev–Trinajstić information content (AvgIpc) is 2.50. The molecule has 5 heteroatoms. The van der Waals surface area contributed by atoms with Gasteiger partial charge in [0, 0.05) is 11.6 Å². The van der Waals surface area contributed by atoms with Crippen molar-refractivity contribution in [3.8, 4) is 6.07 Å². The normalized spacial score (nSPS) is 10.2. The van der Waals surface area contributed by atoms with Crippen LogP contribution in [-0.4, -0.2) is 4.98 Å². The predicted molar refractivity (Wildman–Crippen MR) is 59.7 cm³/mol. The molecule has 0 bridgehead atoms. The van der Waals surface area contributed by atoms with Gasteiger partial charge in [0.1, 0.15) is 6.07 Å². The highest BCUT2D eigenvalue weighted by molar-refractivity contribution is 9.11. The van der Waals surface area contributed by atoms with E-state index in [0.717, 1.165) is 19.2 Å². The van der Waals surface area contributed by atoms with Crippen molar-refractivity contribution in [3.63, 3.8) is 0 Å². The molecule has 0 N–H and O–H groups in total. The van der Waals surface area contributed by atoms with E-state index < -0.39 is 0 Å². The molecule has 0 radical (unpaired) electrons. The van der Waals surface area contributed by atoms with Crippen molar-refractivity contribution in [1.82, 2.24) is 4.98 Å². The summed E-state index contributed by atoms with van der Waals surface area (Å²) in [5, 5.41) is 10.7. The van der Waals surface area contributed by atoms with Crippen molar-refractivity contribution >= 4 is 53.4 Å². The molecular formula is C8H2Br2N2S. The van der Waals surface area contributed by atoms with E-state index in [0.29, 0.717) is 5.56 Å². The molecule has 64 valence electrons. The van der Waals surface area contributed by atoms with Crippen LogP contribution in [0.2, 0.25) is 0 Å². The Morgan fingerprint density at radius 3 is 2.92 bits per heavy atom. The number of aromatic nitrogens is 1. The van der Waals surface area contributed by atoms with Crippen LogP contribution in [0.4, 0.5) is 0 Å². The van der Waals surface area contributed by atoms with Gasteiger partial charge in [-0.05, 0) is 31.9 Å². The number of thiophene rings is 1. The lowest BCUT2D eigenvalue weighted by molar-refractivity contribution is 1.36. The number of fused-ring (bicyclic) bond motifs is 1. The molecule has 0 fully saturated rings. The third kappa shape index (κ3) is 1.39. The topological polar surface area (TPSA) is 36.7 Å². The Morgan fingerprint density at radius 1 is 1.46 bits per heavy atom. The molecule has 0 saturated carbocycles. The molecule has 0 unspecified atom stereocenters. The Bertz CT molecular complexity index is 513. The van der Waals surface area contributed by atoms with Gasteiger partial charge in [-0.3, -0.25) is 4.98 Å². The highest BCUT2D eigenvalue weighted by atomic mass is 79.9. The maximum atomic E-state index is 8.76. The van der Waals surface area contributed by atoms with Gasteiger partial charge in [-0.15, -0.1) is 11.3 Å². The molecule has 2 nitrogen and oxygen atoms in total. The van der Waals surface area contributed by atoms with Crippen molar-refractivity contribution in [1.29, 1.82) is 5.26 Å². The fraction of sp³-hybridized carbons (Fsp3) is 0. The number of nitriles is 1. The van der Waals surface area contributed by atoms with Gasteiger partial charge in [-0.25, -0.2) is 0 Å². The summed E-state index contributed by atoms with van der Waals surface area (Å²) in [6.45, 7) is 0. The van der Waals surface area contributed by atoms with E-state index in [4.69, 9.17) is 5.26 Å². The number of rotatable bonds is 0. The van der Waals surface area contributed by atoms with Gasteiger partial charge in [0.25, 0.3) is 0 Å². The maximum Gasteiger partial charge on any atom is 0.102 e. The monoisotopic (exact) mass is 316 g/mol. The first kappa shape index (κ1) is 9.13. The van der Waals surface area contributed by atoms with Crippen molar-refractivity contribution in [2.45, 2.75) is 0 Å². The van der Waals surface area contributed by atoms with Crippen molar-refractivity contribution in [3.05, 3.63) is 26.1 Å². The lowest BCUT2D eigenvalue weighted by atomic mass is 10.3. The van der Waals surface area contributed by atoms with Gasteiger partial charge in [0.05, 0.1) is 24.7 Å². The minimum absolute atomic E-state index is 0.571. The summed E-state index contributed by atoms with van der Waals surface area (Å²) in [4.78, 5) is 4.18. The van der Waals surface area contributed by atoms with Gasteiger partial charge >= 0.3 is 0 Å². The second-order valence-corrected chi connectivity index (χ2v) is 4.89. The van der Waals surface area contributed by atoms with E-state index in [1.807, 2.05) is 5.38 Å². The SMILES string of the molecule is N#Cc1cnc2c(Br)csc2c1Br. The smallest absolute Gasteiger partial charge is 0.102 e. The maximum absolute atomic E-state index is 8.76. The molecule has 0 aliphatic carbocycles. The predicted octanol–water partition coefficient (Wildman–Crippen LogP) is 3.69. The van der Waals surface area contributed by atoms with Crippen molar-refractivity contribution in [2.24, 2.45) is 0 Å². The molecular weight excluding hydrogens is 316 g/mol. The summed E-state index contributed by atoms with van der Waals surface area (Å²) in [5.41, 5.74) is 1.47. The zero-order valence-electron chi connectivity index (χ0n) is 6.21. The van der Waals surface area contributed by atoms with Crippen LogP contribution in [0.3, 0.4) is 0 Å². The summed E-state index contributed by atoms with van der Waals surface area (Å²) in [6.07, 6.45) is 1.57. The number of hydrogen-bond acceptors (Lipinski definition) is 3. The molecule has 0 aromatic carbocycles. The Morgan fingerprint density at radius 2 is 2.23 bits per heavy atom. The molecule has 13 heavy (non-hydrogen) atoms. The summed E-state index contributed by atoms with van der Waals surface area (Å²) in [6, 6.07) is 2.08. The molecule has 0 amide bonds. The number of hydrogen-bond donors (Lipinski definition) is 0. The van der Waals surface area contributed by atoms with Crippen LogP contribution < -0.4 is 0 Å². The minimum atomic E-state index is 0.571. The fourth-order valence-corrected chi connectivity index (χ4v) is 3.18. The summed E-state index contributed by atoms with van der Waals surface area (Å²) in [7, 11) is 0. The molecule has 0 aliphatic heterocycles. The summed E-state index contributed by atoms with van der Waals surface area (Å²) >= 11 is 8.34. The van der Waals surface area contributed by atoms with Crippen LogP contribution in [0.25, 0.3) is 10.2 Å². The van der Waals surface area contributed by atoms with E-state index in [2.05, 4.69) is 42.9 Å². The zero-order chi connectivity index (χ0) is 9.42.